The number of carbonyl (C=O) groups is 1. The van der Waals surface area contributed by atoms with Gasteiger partial charge in [-0.05, 0) is 82.5 Å². The normalized spacial score (nSPS) is 13.3. The largest absolute Gasteiger partial charge is 0.444 e. The number of amides is 1. The summed E-state index contributed by atoms with van der Waals surface area (Å²) in [7, 11) is 0. The number of nitrogens with one attached hydrogen (secondary N) is 1. The highest BCUT2D eigenvalue weighted by atomic mass is 19.1. The van der Waals surface area contributed by atoms with Crippen molar-refractivity contribution in [3.05, 3.63) is 75.5 Å². The molecule has 2 aromatic carbocycles. The zero-order valence-corrected chi connectivity index (χ0v) is 23.0. The Labute approximate surface area is 230 Å². The first-order valence-corrected chi connectivity index (χ1v) is 13.0. The highest BCUT2D eigenvalue weighted by molar-refractivity contribution is 5.77. The fourth-order valence-corrected chi connectivity index (χ4v) is 4.75. The number of halogens is 1. The fourth-order valence-electron chi connectivity index (χ4n) is 4.75. The highest BCUT2D eigenvalue weighted by Gasteiger charge is 2.26. The van der Waals surface area contributed by atoms with E-state index in [1.54, 1.807) is 9.58 Å². The Kier molecular flexibility index (Phi) is 6.79. The third-order valence-electron chi connectivity index (χ3n) is 6.55. The molecule has 1 amide bonds. The first-order valence-electron chi connectivity index (χ1n) is 13.0. The number of nitrogens with zero attached hydrogens (tertiary/aromatic N) is 6. The van der Waals surface area contributed by atoms with E-state index in [0.717, 1.165) is 16.8 Å². The van der Waals surface area contributed by atoms with Crippen molar-refractivity contribution in [3.63, 3.8) is 0 Å². The lowest BCUT2D eigenvalue weighted by Crippen LogP contribution is -2.39. The topological polar surface area (TPSA) is 118 Å². The van der Waals surface area contributed by atoms with Crippen LogP contribution in [0.5, 0.6) is 0 Å². The maximum Gasteiger partial charge on any atom is 0.410 e. The number of carbonyl (C=O) groups excluding carboxylic acids is 1. The summed E-state index contributed by atoms with van der Waals surface area (Å²) in [6.07, 6.45) is 1.83. The SMILES string of the molecule is CC(C)n1c(=O)c2cnc(Nc3ccc4c(c3)CN(C(=O)OC(C)(C)C)CC4)nc2n1-c1ccc(F)c(C#N)c1. The minimum Gasteiger partial charge on any atom is -0.444 e. The number of ether oxygens (including phenoxy) is 1. The molecule has 0 saturated carbocycles. The van der Waals surface area contributed by atoms with Gasteiger partial charge in [0.25, 0.3) is 5.56 Å². The molecule has 2 aromatic heterocycles. The quantitative estimate of drug-likeness (QED) is 0.375. The van der Waals surface area contributed by atoms with Crippen LogP contribution in [0.4, 0.5) is 20.8 Å². The summed E-state index contributed by atoms with van der Waals surface area (Å²) in [6, 6.07) is 11.6. The lowest BCUT2D eigenvalue weighted by molar-refractivity contribution is 0.0224. The van der Waals surface area contributed by atoms with Crippen molar-refractivity contribution in [1.29, 1.82) is 5.26 Å². The lowest BCUT2D eigenvalue weighted by Gasteiger charge is -2.31. The van der Waals surface area contributed by atoms with E-state index in [9.17, 15) is 19.2 Å². The molecule has 1 N–H and O–H groups in total. The Bertz CT molecular complexity index is 1730. The molecule has 0 radical (unpaired) electrons. The molecular formula is C29H30FN7O3. The minimum atomic E-state index is -0.643. The average molecular weight is 544 g/mol. The third kappa shape index (κ3) is 5.12. The van der Waals surface area contributed by atoms with E-state index in [1.165, 1.54) is 29.1 Å². The Morgan fingerprint density at radius 1 is 1.18 bits per heavy atom. The first kappa shape index (κ1) is 26.9. The molecule has 0 aliphatic carbocycles. The van der Waals surface area contributed by atoms with Gasteiger partial charge in [-0.2, -0.15) is 10.2 Å². The molecule has 0 spiro atoms. The molecule has 4 aromatic rings. The van der Waals surface area contributed by atoms with Gasteiger partial charge in [0.2, 0.25) is 5.95 Å². The molecule has 1 aliphatic heterocycles. The molecule has 3 heterocycles. The predicted octanol–water partition coefficient (Wildman–Crippen LogP) is 5.21. The standard InChI is InChI=1S/C29H30FN7O3/c1-17(2)36-26(38)23-15-32-27(34-25(23)37(36)22-8-9-24(30)19(13-22)14-31)33-21-7-6-18-10-11-35(16-20(18)12-21)28(39)40-29(3,4)5/h6-9,12-13,15,17H,10-11,16H2,1-5H3,(H,32,33,34). The van der Waals surface area contributed by atoms with Gasteiger partial charge in [-0.15, -0.1) is 0 Å². The second-order valence-electron chi connectivity index (χ2n) is 11.0. The molecule has 0 unspecified atom stereocenters. The van der Waals surface area contributed by atoms with Crippen LogP contribution in [0.3, 0.4) is 0 Å². The maximum atomic E-state index is 14.1. The molecular weight excluding hydrogens is 513 g/mol. The van der Waals surface area contributed by atoms with E-state index in [-0.39, 0.29) is 29.2 Å². The summed E-state index contributed by atoms with van der Waals surface area (Å²) < 4.78 is 22.7. The van der Waals surface area contributed by atoms with Crippen LogP contribution in [-0.2, 0) is 17.7 Å². The van der Waals surface area contributed by atoms with E-state index in [2.05, 4.69) is 15.3 Å². The van der Waals surface area contributed by atoms with E-state index in [0.29, 0.717) is 36.2 Å². The second-order valence-corrected chi connectivity index (χ2v) is 11.0. The van der Waals surface area contributed by atoms with Crippen molar-refractivity contribution in [1.82, 2.24) is 24.2 Å². The van der Waals surface area contributed by atoms with Crippen LogP contribution in [0, 0.1) is 17.1 Å². The third-order valence-corrected chi connectivity index (χ3v) is 6.55. The van der Waals surface area contributed by atoms with E-state index < -0.39 is 11.4 Å². The van der Waals surface area contributed by atoms with Crippen LogP contribution in [0.1, 0.15) is 57.4 Å². The number of nitriles is 1. The van der Waals surface area contributed by atoms with E-state index >= 15 is 0 Å². The predicted molar refractivity (Wildman–Crippen MR) is 148 cm³/mol. The Balaban J connectivity index is 1.50. The van der Waals surface area contributed by atoms with Crippen LogP contribution >= 0.6 is 0 Å². The Morgan fingerprint density at radius 3 is 2.65 bits per heavy atom. The zero-order chi connectivity index (χ0) is 28.8. The monoisotopic (exact) mass is 543 g/mol. The van der Waals surface area contributed by atoms with Gasteiger partial charge in [0, 0.05) is 31.0 Å². The summed E-state index contributed by atoms with van der Waals surface area (Å²) in [5, 5.41) is 12.8. The van der Waals surface area contributed by atoms with E-state index in [1.807, 2.05) is 58.9 Å². The van der Waals surface area contributed by atoms with Gasteiger partial charge in [0.05, 0.1) is 11.3 Å². The molecule has 11 heteroatoms. The lowest BCUT2D eigenvalue weighted by atomic mass is 9.99. The van der Waals surface area contributed by atoms with Crippen molar-refractivity contribution < 1.29 is 13.9 Å². The molecule has 0 fully saturated rings. The van der Waals surface area contributed by atoms with Crippen LogP contribution < -0.4 is 10.9 Å². The molecule has 0 saturated heterocycles. The number of hydrogen-bond donors (Lipinski definition) is 1. The summed E-state index contributed by atoms with van der Waals surface area (Å²) in [4.78, 5) is 36.6. The Morgan fingerprint density at radius 2 is 1.95 bits per heavy atom. The van der Waals surface area contributed by atoms with Crippen LogP contribution in [0.15, 0.2) is 47.4 Å². The first-order chi connectivity index (χ1) is 18.9. The number of fused-ring (bicyclic) bond motifs is 2. The van der Waals surface area contributed by atoms with Crippen LogP contribution in [-0.4, -0.2) is 42.5 Å². The molecule has 0 bridgehead atoms. The molecule has 10 nitrogen and oxygen atoms in total. The summed E-state index contributed by atoms with van der Waals surface area (Å²) in [5.74, 6) is -0.389. The van der Waals surface area contributed by atoms with E-state index in [4.69, 9.17) is 4.74 Å². The summed E-state index contributed by atoms with van der Waals surface area (Å²) in [6.45, 7) is 10.2. The zero-order valence-electron chi connectivity index (χ0n) is 23.0. The van der Waals surface area contributed by atoms with Crippen molar-refractivity contribution in [2.45, 2.75) is 59.2 Å². The Hall–Kier alpha value is -4.72. The average Bonchev–Trinajstić information content (AvgIpc) is 3.19. The molecule has 5 rings (SSSR count). The molecule has 40 heavy (non-hydrogen) atoms. The van der Waals surface area contributed by atoms with Gasteiger partial charge in [-0.3, -0.25) is 4.79 Å². The van der Waals surface area contributed by atoms with Crippen molar-refractivity contribution >= 4 is 28.8 Å². The van der Waals surface area contributed by atoms with Gasteiger partial charge < -0.3 is 15.0 Å². The highest BCUT2D eigenvalue weighted by Crippen LogP contribution is 2.26. The number of aromatic nitrogens is 4. The van der Waals surface area contributed by atoms with Crippen molar-refractivity contribution in [3.8, 4) is 11.8 Å². The van der Waals surface area contributed by atoms with Gasteiger partial charge in [-0.1, -0.05) is 6.07 Å². The van der Waals surface area contributed by atoms with Gasteiger partial charge in [0.15, 0.2) is 5.65 Å². The minimum absolute atomic E-state index is 0.135. The van der Waals surface area contributed by atoms with Crippen LogP contribution in [0.25, 0.3) is 16.7 Å². The number of anilines is 2. The maximum absolute atomic E-state index is 14.1. The molecule has 1 aliphatic rings. The smallest absolute Gasteiger partial charge is 0.410 e. The second kappa shape index (κ2) is 10.1. The van der Waals surface area contributed by atoms with Crippen LogP contribution in [0.2, 0.25) is 0 Å². The number of hydrogen-bond acceptors (Lipinski definition) is 7. The number of benzene rings is 2. The van der Waals surface area contributed by atoms with Gasteiger partial charge in [-0.25, -0.2) is 23.5 Å². The summed E-state index contributed by atoms with van der Waals surface area (Å²) in [5.41, 5.74) is 2.60. The van der Waals surface area contributed by atoms with Crippen molar-refractivity contribution in [2.75, 3.05) is 11.9 Å². The number of rotatable bonds is 4. The molecule has 206 valence electrons. The van der Waals surface area contributed by atoms with Gasteiger partial charge in [0.1, 0.15) is 22.9 Å². The fraction of sp³-hybridized carbons (Fsp3) is 0.345. The summed E-state index contributed by atoms with van der Waals surface area (Å²) >= 11 is 0. The van der Waals surface area contributed by atoms with Gasteiger partial charge >= 0.3 is 6.09 Å². The molecule has 0 atom stereocenters. The van der Waals surface area contributed by atoms with Crippen molar-refractivity contribution in [2.24, 2.45) is 0 Å².